The largest absolute Gasteiger partial charge is 0.236 e. The quantitative estimate of drug-likeness (QED) is 0.142. The van der Waals surface area contributed by atoms with Crippen LogP contribution in [0.1, 0.15) is 23.1 Å². The fourth-order valence-corrected chi connectivity index (χ4v) is 7.32. The molecule has 0 saturated heterocycles. The Hall–Kier alpha value is -2.41. The molecule has 164 valence electrons. The van der Waals surface area contributed by atoms with Gasteiger partial charge in [-0.2, -0.15) is 0 Å². The van der Waals surface area contributed by atoms with E-state index in [9.17, 15) is 0 Å². The van der Waals surface area contributed by atoms with Crippen molar-refractivity contribution in [3.05, 3.63) is 77.4 Å². The minimum Gasteiger partial charge on any atom is -0.236 e. The highest BCUT2D eigenvalue weighted by Crippen LogP contribution is 2.44. The van der Waals surface area contributed by atoms with Gasteiger partial charge in [0.15, 0.2) is 5.16 Å². The van der Waals surface area contributed by atoms with E-state index in [1.807, 2.05) is 11.8 Å². The number of fused-ring (bicyclic) bond motifs is 5. The van der Waals surface area contributed by atoms with Crippen molar-refractivity contribution in [3.8, 4) is 11.3 Å². The molecule has 3 nitrogen and oxygen atoms in total. The van der Waals surface area contributed by atoms with Crippen molar-refractivity contribution in [2.24, 2.45) is 0 Å². The van der Waals surface area contributed by atoms with Crippen LogP contribution in [0, 0.1) is 0 Å². The molecule has 33 heavy (non-hydrogen) atoms. The number of thiophene rings is 1. The lowest BCUT2D eigenvalue weighted by molar-refractivity contribution is 0.912. The Kier molecular flexibility index (Phi) is 5.82. The van der Waals surface area contributed by atoms with Gasteiger partial charge < -0.3 is 0 Å². The monoisotopic (exact) mass is 485 g/mol. The van der Waals surface area contributed by atoms with E-state index < -0.39 is 0 Å². The summed E-state index contributed by atoms with van der Waals surface area (Å²) in [5.41, 5.74) is 7.69. The van der Waals surface area contributed by atoms with Crippen molar-refractivity contribution in [3.63, 3.8) is 0 Å². The second kappa shape index (κ2) is 9.09. The molecule has 1 aliphatic rings. The van der Waals surface area contributed by atoms with E-state index in [-0.39, 0.29) is 0 Å². The van der Waals surface area contributed by atoms with E-state index in [0.29, 0.717) is 0 Å². The summed E-state index contributed by atoms with van der Waals surface area (Å²) in [6, 6.07) is 21.3. The first-order chi connectivity index (χ1) is 16.3. The molecule has 0 spiro atoms. The maximum absolute atomic E-state index is 5.21. The first-order valence-corrected chi connectivity index (χ1v) is 14.3. The highest BCUT2D eigenvalue weighted by atomic mass is 32.2. The van der Waals surface area contributed by atoms with E-state index in [4.69, 9.17) is 15.0 Å². The lowest BCUT2D eigenvalue weighted by atomic mass is 10.0. The average molecular weight is 486 g/mol. The normalized spacial score (nSPS) is 13.1. The van der Waals surface area contributed by atoms with Gasteiger partial charge in [-0.25, -0.2) is 15.0 Å². The van der Waals surface area contributed by atoms with E-state index in [1.54, 1.807) is 23.1 Å². The fourth-order valence-electron chi connectivity index (χ4n) is 4.66. The van der Waals surface area contributed by atoms with Gasteiger partial charge in [-0.05, 0) is 48.6 Å². The highest BCUT2D eigenvalue weighted by Gasteiger charge is 2.25. The first kappa shape index (κ1) is 21.1. The Labute approximate surface area is 206 Å². The van der Waals surface area contributed by atoms with Gasteiger partial charge in [0.2, 0.25) is 0 Å². The van der Waals surface area contributed by atoms with Crippen LogP contribution >= 0.6 is 34.9 Å². The molecule has 0 N–H and O–H groups in total. The van der Waals surface area contributed by atoms with E-state index in [1.165, 1.54) is 38.8 Å². The van der Waals surface area contributed by atoms with Crippen molar-refractivity contribution in [1.29, 1.82) is 0 Å². The SMILES string of the molecule is CSc1nc(SCCc2ccccc2)c2sc3nc(-c4ccccc4)c4c(c3c2n1)CCC4. The van der Waals surface area contributed by atoms with Gasteiger partial charge in [0.25, 0.3) is 0 Å². The lowest BCUT2D eigenvalue weighted by Crippen LogP contribution is -1.95. The molecule has 6 heteroatoms. The molecule has 0 radical (unpaired) electrons. The second-order valence-corrected chi connectivity index (χ2v) is 11.1. The Morgan fingerprint density at radius 3 is 2.42 bits per heavy atom. The van der Waals surface area contributed by atoms with Crippen LogP contribution in [0.3, 0.4) is 0 Å². The predicted octanol–water partition coefficient (Wildman–Crippen LogP) is 7.45. The molecule has 0 fully saturated rings. The summed E-state index contributed by atoms with van der Waals surface area (Å²) in [5.74, 6) is 0.999. The molecule has 0 atom stereocenters. The van der Waals surface area contributed by atoms with Crippen LogP contribution in [0.5, 0.6) is 0 Å². The van der Waals surface area contributed by atoms with Crippen LogP contribution in [-0.4, -0.2) is 27.0 Å². The van der Waals surface area contributed by atoms with Crippen molar-refractivity contribution < 1.29 is 0 Å². The highest BCUT2D eigenvalue weighted by molar-refractivity contribution is 7.99. The van der Waals surface area contributed by atoms with Gasteiger partial charge in [-0.1, -0.05) is 72.4 Å². The molecule has 0 amide bonds. The van der Waals surface area contributed by atoms with Gasteiger partial charge >= 0.3 is 0 Å². The molecule has 6 rings (SSSR count). The van der Waals surface area contributed by atoms with Crippen LogP contribution in [0.2, 0.25) is 0 Å². The van der Waals surface area contributed by atoms with E-state index in [2.05, 4.69) is 66.9 Å². The molecule has 0 bridgehead atoms. The number of aromatic nitrogens is 3. The molecule has 0 aliphatic heterocycles. The Morgan fingerprint density at radius 2 is 1.64 bits per heavy atom. The summed E-state index contributed by atoms with van der Waals surface area (Å²) in [5, 5.41) is 3.21. The zero-order valence-electron chi connectivity index (χ0n) is 18.4. The maximum atomic E-state index is 5.21. The maximum Gasteiger partial charge on any atom is 0.189 e. The van der Waals surface area contributed by atoms with Gasteiger partial charge in [0.05, 0.1) is 15.9 Å². The van der Waals surface area contributed by atoms with Crippen LogP contribution in [0.25, 0.3) is 31.7 Å². The number of thioether (sulfide) groups is 2. The molecular formula is C27H23N3S3. The molecule has 3 heterocycles. The Bertz CT molecular complexity index is 1450. The smallest absolute Gasteiger partial charge is 0.189 e. The van der Waals surface area contributed by atoms with Gasteiger partial charge in [-0.15, -0.1) is 23.1 Å². The molecule has 2 aromatic carbocycles. The summed E-state index contributed by atoms with van der Waals surface area (Å²) in [4.78, 5) is 16.2. The third-order valence-electron chi connectivity index (χ3n) is 6.18. The van der Waals surface area contributed by atoms with Crippen molar-refractivity contribution in [1.82, 2.24) is 15.0 Å². The minimum absolute atomic E-state index is 0.850. The number of hydrogen-bond donors (Lipinski definition) is 0. The molecule has 3 aromatic heterocycles. The number of rotatable bonds is 6. The van der Waals surface area contributed by atoms with Gasteiger partial charge in [0.1, 0.15) is 9.86 Å². The van der Waals surface area contributed by atoms with Crippen molar-refractivity contribution in [2.75, 3.05) is 12.0 Å². The lowest BCUT2D eigenvalue weighted by Gasteiger charge is -2.09. The number of benzene rings is 2. The number of pyridine rings is 1. The zero-order valence-corrected chi connectivity index (χ0v) is 20.8. The number of hydrogen-bond acceptors (Lipinski definition) is 6. The number of aryl methyl sites for hydroxylation is 2. The van der Waals surface area contributed by atoms with E-state index >= 15 is 0 Å². The van der Waals surface area contributed by atoms with Crippen LogP contribution in [0.15, 0.2) is 70.8 Å². The van der Waals surface area contributed by atoms with Crippen LogP contribution in [0.4, 0.5) is 0 Å². The molecular weight excluding hydrogens is 463 g/mol. The van der Waals surface area contributed by atoms with Gasteiger partial charge in [0, 0.05) is 16.7 Å². The molecule has 0 unspecified atom stereocenters. The third-order valence-corrected chi connectivity index (χ3v) is 8.92. The topological polar surface area (TPSA) is 38.7 Å². The predicted molar refractivity (Wildman–Crippen MR) is 143 cm³/mol. The summed E-state index contributed by atoms with van der Waals surface area (Å²) < 4.78 is 1.19. The Morgan fingerprint density at radius 1 is 0.879 bits per heavy atom. The summed E-state index contributed by atoms with van der Waals surface area (Å²) in [7, 11) is 0. The molecule has 1 aliphatic carbocycles. The van der Waals surface area contributed by atoms with E-state index in [0.717, 1.165) is 51.2 Å². The standard InChI is InChI=1S/C27H23N3S3/c1-31-27-29-23-21-19-13-8-14-20(19)22(18-11-6-3-7-12-18)28-25(21)33-24(23)26(30-27)32-16-15-17-9-4-2-5-10-17/h2-7,9-12H,8,13-16H2,1H3. The first-order valence-electron chi connectivity index (χ1n) is 11.2. The average Bonchev–Trinajstić information content (AvgIpc) is 3.49. The number of nitrogens with zero attached hydrogens (tertiary/aromatic N) is 3. The van der Waals surface area contributed by atoms with Gasteiger partial charge in [-0.3, -0.25) is 0 Å². The second-order valence-electron chi connectivity index (χ2n) is 8.20. The fraction of sp³-hybridized carbons (Fsp3) is 0.222. The van der Waals surface area contributed by atoms with Crippen molar-refractivity contribution >= 4 is 55.3 Å². The molecule has 0 saturated carbocycles. The minimum atomic E-state index is 0.850. The van der Waals surface area contributed by atoms with Crippen LogP contribution in [-0.2, 0) is 19.3 Å². The summed E-state index contributed by atoms with van der Waals surface area (Å²) in [6.07, 6.45) is 6.48. The zero-order chi connectivity index (χ0) is 22.2. The summed E-state index contributed by atoms with van der Waals surface area (Å²) in [6.45, 7) is 0. The summed E-state index contributed by atoms with van der Waals surface area (Å²) >= 11 is 5.23. The molecule has 5 aromatic rings. The Balaban J connectivity index is 1.48. The van der Waals surface area contributed by atoms with Crippen LogP contribution < -0.4 is 0 Å². The third kappa shape index (κ3) is 3.94. The van der Waals surface area contributed by atoms with Crippen molar-refractivity contribution in [2.45, 2.75) is 35.9 Å².